The van der Waals surface area contributed by atoms with E-state index in [1.54, 1.807) is 24.3 Å². The van der Waals surface area contributed by atoms with E-state index in [0.29, 0.717) is 42.4 Å². The van der Waals surface area contributed by atoms with Gasteiger partial charge in [0.05, 0.1) is 12.2 Å². The third-order valence-corrected chi connectivity index (χ3v) is 4.56. The first-order valence-corrected chi connectivity index (χ1v) is 9.29. The number of rotatable bonds is 5. The van der Waals surface area contributed by atoms with Crippen molar-refractivity contribution in [3.63, 3.8) is 0 Å². The summed E-state index contributed by atoms with van der Waals surface area (Å²) in [4.78, 5) is 24.8. The smallest absolute Gasteiger partial charge is 0.340 e. The van der Waals surface area contributed by atoms with Crippen molar-refractivity contribution in [2.75, 3.05) is 13.2 Å². The number of hydrogen-bond donors (Lipinski definition) is 0. The highest BCUT2D eigenvalue weighted by Gasteiger charge is 2.30. The summed E-state index contributed by atoms with van der Waals surface area (Å²) in [6.45, 7) is 2.99. The normalized spacial score (nSPS) is 19.4. The van der Waals surface area contributed by atoms with Crippen LogP contribution in [0.4, 0.5) is 0 Å². The van der Waals surface area contributed by atoms with E-state index in [1.165, 1.54) is 0 Å². The second kappa shape index (κ2) is 7.86. The largest absolute Gasteiger partial charge is 0.493 e. The Balaban J connectivity index is 1.54. The molecule has 2 heterocycles. The number of carbonyl (C=O) groups excluding carboxylic acids is 2. The molecule has 0 amide bonds. The number of fused-ring (bicyclic) bond motifs is 1. The van der Waals surface area contributed by atoms with Crippen LogP contribution in [0.3, 0.4) is 0 Å². The van der Waals surface area contributed by atoms with Crippen molar-refractivity contribution in [2.24, 2.45) is 0 Å². The van der Waals surface area contributed by atoms with Gasteiger partial charge < -0.3 is 18.9 Å². The van der Waals surface area contributed by atoms with Crippen LogP contribution in [0.5, 0.6) is 17.2 Å². The molecule has 2 aliphatic heterocycles. The summed E-state index contributed by atoms with van der Waals surface area (Å²) in [5.41, 5.74) is 1.18. The molecule has 2 aromatic rings. The molecule has 6 nitrogen and oxygen atoms in total. The summed E-state index contributed by atoms with van der Waals surface area (Å²) in [5, 5.41) is 0. The first kappa shape index (κ1) is 18.3. The number of para-hydroxylation sites is 1. The minimum absolute atomic E-state index is 0.199. The Hall–Kier alpha value is -3.12. The molecular formula is C22H20O6. The molecule has 1 atom stereocenters. The average Bonchev–Trinajstić information content (AvgIpc) is 3.33. The second-order valence-electron chi connectivity index (χ2n) is 6.49. The number of ether oxygens (including phenoxy) is 4. The number of Topliss-reactive ketones (excluding diaryl/α,β-unsaturated/α-hetero) is 1. The lowest BCUT2D eigenvalue weighted by molar-refractivity contribution is -0.144. The van der Waals surface area contributed by atoms with Crippen LogP contribution in [-0.4, -0.2) is 31.1 Å². The van der Waals surface area contributed by atoms with Crippen LogP contribution in [0.25, 0.3) is 6.08 Å². The van der Waals surface area contributed by atoms with E-state index in [1.807, 2.05) is 31.2 Å². The topological polar surface area (TPSA) is 71.1 Å². The third-order valence-electron chi connectivity index (χ3n) is 4.56. The van der Waals surface area contributed by atoms with Crippen molar-refractivity contribution in [1.29, 1.82) is 0 Å². The molecule has 1 saturated heterocycles. The molecule has 0 aliphatic carbocycles. The number of benzene rings is 2. The van der Waals surface area contributed by atoms with E-state index >= 15 is 0 Å². The molecule has 144 valence electrons. The van der Waals surface area contributed by atoms with E-state index < -0.39 is 12.1 Å². The summed E-state index contributed by atoms with van der Waals surface area (Å²) >= 11 is 0. The van der Waals surface area contributed by atoms with Gasteiger partial charge in [0.25, 0.3) is 0 Å². The van der Waals surface area contributed by atoms with Gasteiger partial charge in [-0.05, 0) is 44.0 Å². The Kier molecular flexibility index (Phi) is 5.12. The lowest BCUT2D eigenvalue weighted by Gasteiger charge is -2.09. The van der Waals surface area contributed by atoms with Crippen LogP contribution in [0, 0.1) is 0 Å². The van der Waals surface area contributed by atoms with Crippen molar-refractivity contribution in [1.82, 2.24) is 0 Å². The zero-order valence-corrected chi connectivity index (χ0v) is 15.5. The van der Waals surface area contributed by atoms with Crippen LogP contribution in [0.1, 0.15) is 35.7 Å². The van der Waals surface area contributed by atoms with Gasteiger partial charge in [0.15, 0.2) is 11.9 Å². The fourth-order valence-corrected chi connectivity index (χ4v) is 3.20. The van der Waals surface area contributed by atoms with Gasteiger partial charge in [-0.2, -0.15) is 0 Å². The SMILES string of the molecule is CCOc1ccccc1/C=C1\Oc2cc(OC(=O)C3CCCO3)ccc2C1=O. The fourth-order valence-electron chi connectivity index (χ4n) is 3.20. The van der Waals surface area contributed by atoms with Gasteiger partial charge in [-0.25, -0.2) is 4.79 Å². The number of hydrogen-bond acceptors (Lipinski definition) is 6. The van der Waals surface area contributed by atoms with Crippen molar-refractivity contribution >= 4 is 17.8 Å². The van der Waals surface area contributed by atoms with Gasteiger partial charge in [-0.1, -0.05) is 18.2 Å². The standard InChI is InChI=1S/C22H20O6/c1-2-25-17-7-4-3-6-14(17)12-20-21(23)16-10-9-15(13-19(16)28-20)27-22(24)18-8-5-11-26-18/h3-4,6-7,9-10,12-13,18H,2,5,8,11H2,1H3/b20-12-. The first-order valence-electron chi connectivity index (χ1n) is 9.29. The van der Waals surface area contributed by atoms with Crippen LogP contribution in [0.15, 0.2) is 48.2 Å². The molecule has 0 bridgehead atoms. The highest BCUT2D eigenvalue weighted by Crippen LogP contribution is 2.36. The minimum atomic E-state index is -0.527. The summed E-state index contributed by atoms with van der Waals surface area (Å²) in [6, 6.07) is 12.2. The van der Waals surface area contributed by atoms with Crippen molar-refractivity contribution < 1.29 is 28.5 Å². The van der Waals surface area contributed by atoms with E-state index in [4.69, 9.17) is 18.9 Å². The molecule has 0 saturated carbocycles. The Morgan fingerprint density at radius 2 is 2.11 bits per heavy atom. The molecule has 2 aliphatic rings. The number of allylic oxidation sites excluding steroid dienone is 1. The van der Waals surface area contributed by atoms with Crippen molar-refractivity contribution in [2.45, 2.75) is 25.9 Å². The maximum Gasteiger partial charge on any atom is 0.340 e. The third kappa shape index (κ3) is 3.64. The average molecular weight is 380 g/mol. The van der Waals surface area contributed by atoms with Gasteiger partial charge in [-0.15, -0.1) is 0 Å². The van der Waals surface area contributed by atoms with Gasteiger partial charge in [0.1, 0.15) is 17.2 Å². The highest BCUT2D eigenvalue weighted by atomic mass is 16.6. The van der Waals surface area contributed by atoms with Crippen LogP contribution < -0.4 is 14.2 Å². The lowest BCUT2D eigenvalue weighted by Crippen LogP contribution is -2.24. The fraction of sp³-hybridized carbons (Fsp3) is 0.273. The maximum absolute atomic E-state index is 12.7. The molecule has 1 unspecified atom stereocenters. The predicted octanol–water partition coefficient (Wildman–Crippen LogP) is 3.79. The van der Waals surface area contributed by atoms with Crippen molar-refractivity contribution in [3.05, 3.63) is 59.4 Å². The van der Waals surface area contributed by atoms with E-state index in [2.05, 4.69) is 0 Å². The monoisotopic (exact) mass is 380 g/mol. The Labute approximate surface area is 162 Å². The van der Waals surface area contributed by atoms with Gasteiger partial charge in [0, 0.05) is 18.2 Å². The molecule has 2 aromatic carbocycles. The van der Waals surface area contributed by atoms with Gasteiger partial charge >= 0.3 is 5.97 Å². The zero-order chi connectivity index (χ0) is 19.5. The maximum atomic E-state index is 12.7. The number of esters is 1. The van der Waals surface area contributed by atoms with Gasteiger partial charge in [-0.3, -0.25) is 4.79 Å². The van der Waals surface area contributed by atoms with Crippen LogP contribution in [-0.2, 0) is 9.53 Å². The molecule has 0 radical (unpaired) electrons. The highest BCUT2D eigenvalue weighted by molar-refractivity contribution is 6.14. The van der Waals surface area contributed by atoms with Crippen LogP contribution in [0.2, 0.25) is 0 Å². The second-order valence-corrected chi connectivity index (χ2v) is 6.49. The lowest BCUT2D eigenvalue weighted by atomic mass is 10.1. The molecule has 0 spiro atoms. The van der Waals surface area contributed by atoms with E-state index in [0.717, 1.165) is 12.0 Å². The van der Waals surface area contributed by atoms with E-state index in [-0.39, 0.29) is 11.5 Å². The van der Waals surface area contributed by atoms with Crippen LogP contribution >= 0.6 is 0 Å². The summed E-state index contributed by atoms with van der Waals surface area (Å²) in [5.74, 6) is 0.910. The molecule has 28 heavy (non-hydrogen) atoms. The number of carbonyl (C=O) groups is 2. The molecule has 4 rings (SSSR count). The zero-order valence-electron chi connectivity index (χ0n) is 15.5. The summed E-state index contributed by atoms with van der Waals surface area (Å²) in [6.07, 6.45) is 2.64. The molecular weight excluding hydrogens is 360 g/mol. The number of ketones is 1. The molecule has 0 aromatic heterocycles. The Morgan fingerprint density at radius 3 is 2.89 bits per heavy atom. The predicted molar refractivity (Wildman–Crippen MR) is 102 cm³/mol. The molecule has 0 N–H and O–H groups in total. The summed E-state index contributed by atoms with van der Waals surface area (Å²) < 4.78 is 22.0. The quantitative estimate of drug-likeness (QED) is 0.447. The van der Waals surface area contributed by atoms with E-state index in [9.17, 15) is 9.59 Å². The Morgan fingerprint density at radius 1 is 1.25 bits per heavy atom. The first-order chi connectivity index (χ1) is 13.7. The van der Waals surface area contributed by atoms with Gasteiger partial charge in [0.2, 0.25) is 5.78 Å². The van der Waals surface area contributed by atoms with Crippen molar-refractivity contribution in [3.8, 4) is 17.2 Å². The molecule has 1 fully saturated rings. The minimum Gasteiger partial charge on any atom is -0.493 e. The summed E-state index contributed by atoms with van der Waals surface area (Å²) in [7, 11) is 0. The Bertz CT molecular complexity index is 940. The molecule has 6 heteroatoms.